The highest BCUT2D eigenvalue weighted by molar-refractivity contribution is 14.0. The molecule has 6 nitrogen and oxygen atoms in total. The highest BCUT2D eigenvalue weighted by Gasteiger charge is 2.23. The molecule has 2 rings (SSSR count). The van der Waals surface area contributed by atoms with Crippen molar-refractivity contribution in [3.63, 3.8) is 0 Å². The van der Waals surface area contributed by atoms with Gasteiger partial charge in [-0.15, -0.1) is 35.7 Å². The normalized spacial score (nSPS) is 15.2. The molecule has 1 aliphatic heterocycles. The van der Waals surface area contributed by atoms with Gasteiger partial charge in [0.15, 0.2) is 5.96 Å². The highest BCUT2D eigenvalue weighted by Crippen LogP contribution is 2.15. The Morgan fingerprint density at radius 3 is 2.62 bits per heavy atom. The predicted octanol–water partition coefficient (Wildman–Crippen LogP) is 3.18. The van der Waals surface area contributed by atoms with Gasteiger partial charge in [-0.2, -0.15) is 0 Å². The molecule has 2 N–H and O–H groups in total. The summed E-state index contributed by atoms with van der Waals surface area (Å²) in [5.41, 5.74) is 0. The molecule has 0 aliphatic carbocycles. The average molecular weight is 492 g/mol. The van der Waals surface area contributed by atoms with Crippen molar-refractivity contribution < 1.29 is 9.53 Å². The number of ether oxygens (including phenoxy) is 1. The summed E-state index contributed by atoms with van der Waals surface area (Å²) in [5.74, 6) is 1.80. The summed E-state index contributed by atoms with van der Waals surface area (Å²) in [7, 11) is 1.79. The first-order valence-corrected chi connectivity index (χ1v) is 9.78. The number of piperidine rings is 1. The number of carbonyl (C=O) groups excluding carboxylic acids is 1. The maximum Gasteiger partial charge on any atom is 0.409 e. The molecule has 8 heteroatoms. The minimum Gasteiger partial charge on any atom is -0.450 e. The zero-order valence-electron chi connectivity index (χ0n) is 15.4. The average Bonchev–Trinajstić information content (AvgIpc) is 2.65. The number of carbonyl (C=O) groups is 1. The Kier molecular flexibility index (Phi) is 11.5. The molecule has 1 aromatic rings. The Morgan fingerprint density at radius 1 is 1.31 bits per heavy atom. The van der Waals surface area contributed by atoms with E-state index < -0.39 is 0 Å². The number of likely N-dealkylation sites (tertiary alicyclic amines) is 1. The van der Waals surface area contributed by atoms with Crippen LogP contribution in [0, 0.1) is 0 Å². The number of nitrogens with one attached hydrogen (secondary N) is 2. The van der Waals surface area contributed by atoms with Crippen molar-refractivity contribution in [3.05, 3.63) is 30.3 Å². The molecule has 0 aromatic heterocycles. The fourth-order valence-electron chi connectivity index (χ4n) is 2.66. The summed E-state index contributed by atoms with van der Waals surface area (Å²) in [4.78, 5) is 19.1. The number of benzene rings is 1. The van der Waals surface area contributed by atoms with E-state index in [0.717, 1.165) is 44.2 Å². The monoisotopic (exact) mass is 492 g/mol. The second kappa shape index (κ2) is 13.1. The molecule has 146 valence electrons. The summed E-state index contributed by atoms with van der Waals surface area (Å²) in [6.07, 6.45) is 1.60. The van der Waals surface area contributed by atoms with Crippen molar-refractivity contribution in [2.24, 2.45) is 4.99 Å². The van der Waals surface area contributed by atoms with Crippen LogP contribution in [0.15, 0.2) is 40.2 Å². The fourth-order valence-corrected chi connectivity index (χ4v) is 3.45. The maximum absolute atomic E-state index is 11.7. The van der Waals surface area contributed by atoms with E-state index in [9.17, 15) is 4.79 Å². The topological polar surface area (TPSA) is 66.0 Å². The third-order valence-electron chi connectivity index (χ3n) is 3.99. The smallest absolute Gasteiger partial charge is 0.409 e. The van der Waals surface area contributed by atoms with Crippen LogP contribution >= 0.6 is 35.7 Å². The molecule has 0 unspecified atom stereocenters. The van der Waals surface area contributed by atoms with Gasteiger partial charge < -0.3 is 20.3 Å². The summed E-state index contributed by atoms with van der Waals surface area (Å²) in [6.45, 7) is 4.54. The van der Waals surface area contributed by atoms with Crippen molar-refractivity contribution in [2.75, 3.05) is 39.0 Å². The van der Waals surface area contributed by atoms with E-state index >= 15 is 0 Å². The summed E-state index contributed by atoms with van der Waals surface area (Å²) >= 11 is 1.82. The number of guanidine groups is 1. The van der Waals surface area contributed by atoms with Gasteiger partial charge in [0.25, 0.3) is 0 Å². The van der Waals surface area contributed by atoms with Gasteiger partial charge in [-0.1, -0.05) is 18.2 Å². The molecule has 1 saturated heterocycles. The second-order valence-electron chi connectivity index (χ2n) is 5.77. The van der Waals surface area contributed by atoms with E-state index in [1.807, 2.05) is 24.8 Å². The zero-order valence-corrected chi connectivity index (χ0v) is 18.6. The van der Waals surface area contributed by atoms with Crippen molar-refractivity contribution >= 4 is 47.8 Å². The number of halogens is 1. The second-order valence-corrected chi connectivity index (χ2v) is 6.93. The van der Waals surface area contributed by atoms with E-state index in [1.54, 1.807) is 11.9 Å². The Labute approximate surface area is 177 Å². The number of thioether (sulfide) groups is 1. The fraction of sp³-hybridized carbons (Fsp3) is 0.556. The van der Waals surface area contributed by atoms with Crippen LogP contribution in [0.1, 0.15) is 19.8 Å². The van der Waals surface area contributed by atoms with E-state index in [-0.39, 0.29) is 30.1 Å². The van der Waals surface area contributed by atoms with E-state index in [1.165, 1.54) is 4.90 Å². The molecule has 0 spiro atoms. The zero-order chi connectivity index (χ0) is 17.9. The third-order valence-corrected chi connectivity index (χ3v) is 5.01. The lowest BCUT2D eigenvalue weighted by Crippen LogP contribution is -2.50. The molecule has 1 heterocycles. The van der Waals surface area contributed by atoms with Gasteiger partial charge in [-0.25, -0.2) is 4.79 Å². The highest BCUT2D eigenvalue weighted by atomic mass is 127. The largest absolute Gasteiger partial charge is 0.450 e. The van der Waals surface area contributed by atoms with Gasteiger partial charge in [0.1, 0.15) is 0 Å². The van der Waals surface area contributed by atoms with Crippen LogP contribution in [0.5, 0.6) is 0 Å². The lowest BCUT2D eigenvalue weighted by molar-refractivity contribution is 0.0963. The molecule has 0 atom stereocenters. The Bertz CT molecular complexity index is 551. The van der Waals surface area contributed by atoms with Crippen LogP contribution in [-0.4, -0.2) is 62.0 Å². The van der Waals surface area contributed by atoms with Gasteiger partial charge in [0, 0.05) is 43.4 Å². The molecule has 26 heavy (non-hydrogen) atoms. The van der Waals surface area contributed by atoms with Gasteiger partial charge in [0.05, 0.1) is 6.61 Å². The van der Waals surface area contributed by atoms with Crippen molar-refractivity contribution in [1.82, 2.24) is 15.5 Å². The molecular weight excluding hydrogens is 463 g/mol. The van der Waals surface area contributed by atoms with Crippen LogP contribution in [-0.2, 0) is 4.74 Å². The first-order chi connectivity index (χ1) is 12.2. The van der Waals surface area contributed by atoms with Crippen molar-refractivity contribution in [3.8, 4) is 0 Å². The lowest BCUT2D eigenvalue weighted by Gasteiger charge is -2.32. The molecule has 1 amide bonds. The summed E-state index contributed by atoms with van der Waals surface area (Å²) < 4.78 is 5.05. The van der Waals surface area contributed by atoms with Crippen LogP contribution in [0.25, 0.3) is 0 Å². The summed E-state index contributed by atoms with van der Waals surface area (Å²) in [6, 6.07) is 10.7. The van der Waals surface area contributed by atoms with Gasteiger partial charge in [0.2, 0.25) is 0 Å². The Hall–Kier alpha value is -1.16. The number of aliphatic imine (C=N–C) groups is 1. The third kappa shape index (κ3) is 8.03. The molecule has 1 fully saturated rings. The van der Waals surface area contributed by atoms with Gasteiger partial charge in [-0.3, -0.25) is 4.99 Å². The molecule has 1 aromatic carbocycles. The van der Waals surface area contributed by atoms with Crippen LogP contribution in [0.3, 0.4) is 0 Å². The molecule has 0 bridgehead atoms. The van der Waals surface area contributed by atoms with Crippen molar-refractivity contribution in [2.45, 2.75) is 30.7 Å². The first-order valence-electron chi connectivity index (χ1n) is 8.79. The number of rotatable bonds is 6. The standard InChI is InChI=1S/C18H28N4O2S.HI/c1-3-24-18(23)22-12-9-15(10-13-22)21-17(19-2)20-11-14-25-16-7-5-4-6-8-16;/h4-8,15H,3,9-14H2,1-2H3,(H2,19,20,21);1H. The molecular formula is C18H29IN4O2S. The maximum atomic E-state index is 11.7. The van der Waals surface area contributed by atoms with Crippen LogP contribution < -0.4 is 10.6 Å². The number of hydrogen-bond donors (Lipinski definition) is 2. The predicted molar refractivity (Wildman–Crippen MR) is 119 cm³/mol. The van der Waals surface area contributed by atoms with Gasteiger partial charge in [-0.05, 0) is 31.9 Å². The van der Waals surface area contributed by atoms with Crippen LogP contribution in [0.4, 0.5) is 4.79 Å². The first kappa shape index (κ1) is 22.9. The lowest BCUT2D eigenvalue weighted by atomic mass is 10.1. The van der Waals surface area contributed by atoms with E-state index in [2.05, 4.69) is 39.9 Å². The van der Waals surface area contributed by atoms with E-state index in [4.69, 9.17) is 4.74 Å². The quantitative estimate of drug-likeness (QED) is 0.210. The number of amides is 1. The minimum absolute atomic E-state index is 0. The summed E-state index contributed by atoms with van der Waals surface area (Å²) in [5, 5.41) is 6.80. The minimum atomic E-state index is -0.207. The number of hydrogen-bond acceptors (Lipinski definition) is 4. The Morgan fingerprint density at radius 2 is 2.00 bits per heavy atom. The molecule has 0 radical (unpaired) electrons. The van der Waals surface area contributed by atoms with E-state index in [0.29, 0.717) is 12.6 Å². The molecule has 1 aliphatic rings. The van der Waals surface area contributed by atoms with Gasteiger partial charge >= 0.3 is 6.09 Å². The Balaban J connectivity index is 0.00000338. The van der Waals surface area contributed by atoms with Crippen LogP contribution in [0.2, 0.25) is 0 Å². The number of nitrogens with zero attached hydrogens (tertiary/aromatic N) is 2. The SMILES string of the molecule is CCOC(=O)N1CCC(NC(=NC)NCCSc2ccccc2)CC1.I. The molecule has 0 saturated carbocycles. The van der Waals surface area contributed by atoms with Crippen molar-refractivity contribution in [1.29, 1.82) is 0 Å².